The van der Waals surface area contributed by atoms with E-state index in [0.717, 1.165) is 22.1 Å². The van der Waals surface area contributed by atoms with Gasteiger partial charge < -0.3 is 14.8 Å². The average molecular weight is 646 g/mol. The van der Waals surface area contributed by atoms with Crippen molar-refractivity contribution in [2.24, 2.45) is 5.10 Å². The summed E-state index contributed by atoms with van der Waals surface area (Å²) in [7, 11) is 0. The average Bonchev–Trinajstić information content (AvgIpc) is 3.47. The number of rotatable bonds is 11. The molecule has 5 aromatic rings. The van der Waals surface area contributed by atoms with E-state index in [1.54, 1.807) is 42.5 Å². The molecule has 0 bridgehead atoms. The lowest BCUT2D eigenvalue weighted by Crippen LogP contribution is -2.17. The van der Waals surface area contributed by atoms with Gasteiger partial charge in [-0.1, -0.05) is 48.5 Å². The third-order valence-corrected chi connectivity index (χ3v) is 7.36. The van der Waals surface area contributed by atoms with Crippen LogP contribution < -0.4 is 20.2 Å². The number of hydrogen-bond acceptors (Lipinski definition) is 7. The summed E-state index contributed by atoms with van der Waals surface area (Å²) in [6, 6.07) is 27.0. The Morgan fingerprint density at radius 1 is 1.02 bits per heavy atom. The summed E-state index contributed by atoms with van der Waals surface area (Å²) in [5.74, 6) is 0.228. The highest BCUT2D eigenvalue weighted by molar-refractivity contribution is 9.10. The number of anilines is 2. The number of para-hydroxylation sites is 1. The zero-order valence-corrected chi connectivity index (χ0v) is 24.9. The minimum absolute atomic E-state index is 0.0435. The first-order valence-electron chi connectivity index (χ1n) is 13.0. The van der Waals surface area contributed by atoms with Crippen LogP contribution in [0, 0.1) is 5.82 Å². The molecule has 2 N–H and O–H groups in total. The molecule has 0 fully saturated rings. The smallest absolute Gasteiger partial charge is 0.271 e. The largest absolute Gasteiger partial charge is 0.490 e. The van der Waals surface area contributed by atoms with Crippen molar-refractivity contribution >= 4 is 50.2 Å². The van der Waals surface area contributed by atoms with Crippen LogP contribution in [0.15, 0.2) is 106 Å². The van der Waals surface area contributed by atoms with Gasteiger partial charge in [-0.25, -0.2) is 14.8 Å². The Morgan fingerprint density at radius 3 is 2.55 bits per heavy atom. The second-order valence-electron chi connectivity index (χ2n) is 8.95. The summed E-state index contributed by atoms with van der Waals surface area (Å²) in [5, 5.41) is 10.2. The van der Waals surface area contributed by atoms with Gasteiger partial charge >= 0.3 is 0 Å². The topological polar surface area (TPSA) is 84.8 Å². The number of carbonyl (C=O) groups excluding carboxylic acids is 1. The van der Waals surface area contributed by atoms with E-state index in [4.69, 9.17) is 9.47 Å². The quantitative estimate of drug-likeness (QED) is 0.112. The zero-order valence-electron chi connectivity index (χ0n) is 22.5. The number of hydrogen-bond donors (Lipinski definition) is 2. The molecule has 1 aromatic heterocycles. The molecule has 0 atom stereocenters. The number of nitrogens with one attached hydrogen (secondary N) is 2. The first-order valence-corrected chi connectivity index (χ1v) is 14.7. The Labute approximate surface area is 255 Å². The SMILES string of the molecule is CCOc1cc(/C=N\NC(=O)c2ccc(-c3csc(Nc4ccccc4)n3)cc2)cc(Br)c1OCc1ccccc1F. The minimum Gasteiger partial charge on any atom is -0.490 e. The minimum atomic E-state index is -0.351. The standard InChI is InChI=1S/C32H26BrFN4O3S/c1-2-40-29-17-21(16-26(33)30(29)41-19-24-8-6-7-11-27(24)34)18-35-38-31(39)23-14-12-22(13-15-23)28-20-42-32(37-28)36-25-9-4-3-5-10-25/h3-18,20H,2,19H2,1H3,(H,36,37)(H,38,39)/b35-18-. The predicted molar refractivity (Wildman–Crippen MR) is 168 cm³/mol. The number of ether oxygens (including phenoxy) is 2. The second kappa shape index (κ2) is 13.9. The normalized spacial score (nSPS) is 10.9. The number of aromatic nitrogens is 1. The molecule has 1 amide bonds. The van der Waals surface area contributed by atoms with Gasteiger partial charge in [-0.3, -0.25) is 4.79 Å². The summed E-state index contributed by atoms with van der Waals surface area (Å²) >= 11 is 5.02. The first-order chi connectivity index (χ1) is 20.5. The highest BCUT2D eigenvalue weighted by atomic mass is 79.9. The second-order valence-corrected chi connectivity index (χ2v) is 10.7. The maximum atomic E-state index is 14.0. The molecule has 0 saturated heterocycles. The number of amides is 1. The van der Waals surface area contributed by atoms with E-state index >= 15 is 0 Å². The molecule has 0 aliphatic heterocycles. The lowest BCUT2D eigenvalue weighted by molar-refractivity contribution is 0.0955. The monoisotopic (exact) mass is 644 g/mol. The molecule has 42 heavy (non-hydrogen) atoms. The number of thiazole rings is 1. The Bertz CT molecular complexity index is 1690. The fourth-order valence-electron chi connectivity index (χ4n) is 3.96. The molecule has 0 saturated carbocycles. The van der Waals surface area contributed by atoms with Crippen LogP contribution in [0.1, 0.15) is 28.4 Å². The van der Waals surface area contributed by atoms with Gasteiger partial charge in [0.15, 0.2) is 16.6 Å². The molecular weight excluding hydrogens is 619 g/mol. The van der Waals surface area contributed by atoms with Crippen molar-refractivity contribution in [3.63, 3.8) is 0 Å². The lowest BCUT2D eigenvalue weighted by Gasteiger charge is -2.15. The van der Waals surface area contributed by atoms with Gasteiger partial charge in [-0.2, -0.15) is 5.10 Å². The van der Waals surface area contributed by atoms with E-state index in [2.05, 4.69) is 36.8 Å². The molecule has 0 spiro atoms. The Kier molecular flexibility index (Phi) is 9.58. The third-order valence-electron chi connectivity index (χ3n) is 6.01. The summed E-state index contributed by atoms with van der Waals surface area (Å²) < 4.78 is 26.3. The maximum absolute atomic E-state index is 14.0. The molecule has 0 unspecified atom stereocenters. The highest BCUT2D eigenvalue weighted by Crippen LogP contribution is 2.37. The summed E-state index contributed by atoms with van der Waals surface area (Å²) in [5.41, 5.74) is 6.81. The molecule has 0 aliphatic rings. The fraction of sp³-hybridized carbons (Fsp3) is 0.0938. The number of hydrazone groups is 1. The molecule has 1 heterocycles. The van der Waals surface area contributed by atoms with E-state index in [-0.39, 0.29) is 18.3 Å². The van der Waals surface area contributed by atoms with Crippen molar-refractivity contribution in [3.05, 3.63) is 123 Å². The fourth-order valence-corrected chi connectivity index (χ4v) is 5.28. The van der Waals surface area contributed by atoms with Crippen LogP contribution in [0.4, 0.5) is 15.2 Å². The Balaban J connectivity index is 1.20. The molecular formula is C32H26BrFN4O3S. The van der Waals surface area contributed by atoms with Crippen molar-refractivity contribution < 1.29 is 18.7 Å². The number of benzene rings is 4. The van der Waals surface area contributed by atoms with Gasteiger partial charge in [0.05, 0.1) is 23.0 Å². The van der Waals surface area contributed by atoms with Crippen molar-refractivity contribution in [3.8, 4) is 22.8 Å². The van der Waals surface area contributed by atoms with Gasteiger partial charge in [0.25, 0.3) is 5.91 Å². The number of nitrogens with zero attached hydrogens (tertiary/aromatic N) is 2. The zero-order chi connectivity index (χ0) is 29.3. The molecule has 0 aliphatic carbocycles. The van der Waals surface area contributed by atoms with Crippen molar-refractivity contribution in [2.75, 3.05) is 11.9 Å². The van der Waals surface area contributed by atoms with Crippen LogP contribution >= 0.6 is 27.3 Å². The lowest BCUT2D eigenvalue weighted by atomic mass is 10.1. The van der Waals surface area contributed by atoms with Gasteiger partial charge in [0.2, 0.25) is 0 Å². The van der Waals surface area contributed by atoms with Crippen LogP contribution in [0.25, 0.3) is 11.3 Å². The number of carbonyl (C=O) groups is 1. The summed E-state index contributed by atoms with van der Waals surface area (Å²) in [4.78, 5) is 17.3. The summed E-state index contributed by atoms with van der Waals surface area (Å²) in [6.07, 6.45) is 1.51. The van der Waals surface area contributed by atoms with Crippen molar-refractivity contribution in [1.82, 2.24) is 10.4 Å². The molecule has 10 heteroatoms. The van der Waals surface area contributed by atoms with E-state index in [0.29, 0.717) is 39.3 Å². The van der Waals surface area contributed by atoms with Gasteiger partial charge in [-0.15, -0.1) is 11.3 Å². The van der Waals surface area contributed by atoms with Crippen LogP contribution in [-0.4, -0.2) is 23.7 Å². The first kappa shape index (κ1) is 29.0. The molecule has 4 aromatic carbocycles. The summed E-state index contributed by atoms with van der Waals surface area (Å²) in [6.45, 7) is 2.30. The van der Waals surface area contributed by atoms with Gasteiger partial charge in [-0.05, 0) is 70.9 Å². The van der Waals surface area contributed by atoms with Gasteiger partial charge in [0.1, 0.15) is 12.4 Å². The van der Waals surface area contributed by atoms with Crippen LogP contribution in [0.5, 0.6) is 11.5 Å². The van der Waals surface area contributed by atoms with Gasteiger partial charge in [0, 0.05) is 27.8 Å². The number of halogens is 2. The predicted octanol–water partition coefficient (Wildman–Crippen LogP) is 8.20. The van der Waals surface area contributed by atoms with Crippen LogP contribution in [0.2, 0.25) is 0 Å². The molecule has 0 radical (unpaired) electrons. The van der Waals surface area contributed by atoms with Crippen molar-refractivity contribution in [2.45, 2.75) is 13.5 Å². The van der Waals surface area contributed by atoms with E-state index < -0.39 is 0 Å². The van der Waals surface area contributed by atoms with E-state index in [1.165, 1.54) is 23.6 Å². The molecule has 5 rings (SSSR count). The van der Waals surface area contributed by atoms with Crippen LogP contribution in [-0.2, 0) is 6.61 Å². The highest BCUT2D eigenvalue weighted by Gasteiger charge is 2.14. The van der Waals surface area contributed by atoms with Crippen molar-refractivity contribution in [1.29, 1.82) is 0 Å². The maximum Gasteiger partial charge on any atom is 0.271 e. The third kappa shape index (κ3) is 7.39. The Morgan fingerprint density at radius 2 is 1.79 bits per heavy atom. The van der Waals surface area contributed by atoms with E-state index in [1.807, 2.05) is 54.8 Å². The molecule has 212 valence electrons. The molecule has 7 nitrogen and oxygen atoms in total. The van der Waals surface area contributed by atoms with E-state index in [9.17, 15) is 9.18 Å². The Hall–Kier alpha value is -4.54. The van der Waals surface area contributed by atoms with Crippen LogP contribution in [0.3, 0.4) is 0 Å².